The van der Waals surface area contributed by atoms with Gasteiger partial charge in [-0.05, 0) is 38.2 Å². The van der Waals surface area contributed by atoms with Gasteiger partial charge in [-0.15, -0.1) is 0 Å². The van der Waals surface area contributed by atoms with Crippen molar-refractivity contribution in [2.75, 3.05) is 13.1 Å². The second kappa shape index (κ2) is 6.44. The number of hydrogen-bond donors (Lipinski definition) is 1. The van der Waals surface area contributed by atoms with E-state index in [1.165, 1.54) is 5.56 Å². The lowest BCUT2D eigenvalue weighted by atomic mass is 9.92. The van der Waals surface area contributed by atoms with Crippen molar-refractivity contribution in [3.05, 3.63) is 35.8 Å². The van der Waals surface area contributed by atoms with Crippen molar-refractivity contribution in [2.45, 2.75) is 38.6 Å². The van der Waals surface area contributed by atoms with Crippen molar-refractivity contribution in [3.8, 4) is 0 Å². The van der Waals surface area contributed by atoms with Crippen LogP contribution in [0.15, 0.2) is 23.0 Å². The normalized spacial score (nSPS) is 17.3. The number of piperidine rings is 1. The molecule has 7 heteroatoms. The first-order valence-corrected chi connectivity index (χ1v) is 7.99. The third-order valence-electron chi connectivity index (χ3n) is 4.33. The number of amides is 2. The van der Waals surface area contributed by atoms with Crippen LogP contribution in [0.5, 0.6) is 0 Å². The van der Waals surface area contributed by atoms with Crippen LogP contribution in [0.1, 0.15) is 48.9 Å². The molecule has 1 unspecified atom stereocenters. The van der Waals surface area contributed by atoms with Crippen LogP contribution in [0.4, 0.5) is 4.79 Å². The highest BCUT2D eigenvalue weighted by Gasteiger charge is 2.26. The first-order valence-electron chi connectivity index (χ1n) is 7.99. The number of oxazole rings is 1. The number of aryl methyl sites for hydroxylation is 2. The van der Waals surface area contributed by atoms with Crippen molar-refractivity contribution in [3.63, 3.8) is 0 Å². The standard InChI is InChI=1S/C16H23N5O2/c1-11-8-17-15(23-11)12(2)19-16(22)21-6-4-13(5-7-21)14-9-18-20(3)10-14/h8-10,12-13H,4-7H2,1-3H3,(H,19,22). The molecule has 3 heterocycles. The maximum atomic E-state index is 12.4. The number of carbonyl (C=O) groups excluding carboxylic acids is 1. The fourth-order valence-corrected chi connectivity index (χ4v) is 2.98. The predicted molar refractivity (Wildman–Crippen MR) is 84.9 cm³/mol. The Morgan fingerprint density at radius 2 is 2.13 bits per heavy atom. The second-order valence-electron chi connectivity index (χ2n) is 6.19. The molecule has 0 saturated carbocycles. The lowest BCUT2D eigenvalue weighted by Gasteiger charge is -2.32. The summed E-state index contributed by atoms with van der Waals surface area (Å²) in [7, 11) is 1.93. The summed E-state index contributed by atoms with van der Waals surface area (Å²) in [5.41, 5.74) is 1.26. The summed E-state index contributed by atoms with van der Waals surface area (Å²) in [6.07, 6.45) is 7.58. The zero-order valence-corrected chi connectivity index (χ0v) is 13.8. The highest BCUT2D eigenvalue weighted by molar-refractivity contribution is 5.74. The molecule has 3 rings (SSSR count). The van der Waals surface area contributed by atoms with Crippen LogP contribution in [0.25, 0.3) is 0 Å². The minimum atomic E-state index is -0.229. The average Bonchev–Trinajstić information content (AvgIpc) is 3.16. The van der Waals surface area contributed by atoms with E-state index in [1.54, 1.807) is 6.20 Å². The number of hydrogen-bond acceptors (Lipinski definition) is 4. The first-order chi connectivity index (χ1) is 11.0. The lowest BCUT2D eigenvalue weighted by Crippen LogP contribution is -2.44. The molecule has 124 valence electrons. The minimum absolute atomic E-state index is 0.0574. The molecule has 0 bridgehead atoms. The third kappa shape index (κ3) is 3.55. The van der Waals surface area contributed by atoms with Gasteiger partial charge in [0.1, 0.15) is 11.8 Å². The molecule has 0 spiro atoms. The average molecular weight is 317 g/mol. The van der Waals surface area contributed by atoms with Crippen molar-refractivity contribution in [2.24, 2.45) is 7.05 Å². The second-order valence-corrected chi connectivity index (χ2v) is 6.19. The number of aromatic nitrogens is 3. The third-order valence-corrected chi connectivity index (χ3v) is 4.33. The monoisotopic (exact) mass is 317 g/mol. The fourth-order valence-electron chi connectivity index (χ4n) is 2.98. The highest BCUT2D eigenvalue weighted by atomic mass is 16.4. The van der Waals surface area contributed by atoms with Crippen LogP contribution < -0.4 is 5.32 Å². The van der Waals surface area contributed by atoms with Crippen LogP contribution in [0, 0.1) is 6.92 Å². The number of likely N-dealkylation sites (tertiary alicyclic amines) is 1. The topological polar surface area (TPSA) is 76.2 Å². The molecule has 1 aliphatic rings. The van der Waals surface area contributed by atoms with E-state index in [0.717, 1.165) is 31.7 Å². The quantitative estimate of drug-likeness (QED) is 0.943. The van der Waals surface area contributed by atoms with Gasteiger partial charge in [-0.2, -0.15) is 5.10 Å². The molecule has 2 aromatic heterocycles. The summed E-state index contributed by atoms with van der Waals surface area (Å²) in [6, 6.07) is -0.287. The molecule has 0 aliphatic carbocycles. The molecular weight excluding hydrogens is 294 g/mol. The van der Waals surface area contributed by atoms with Gasteiger partial charge in [-0.25, -0.2) is 9.78 Å². The summed E-state index contributed by atoms with van der Waals surface area (Å²) in [5, 5.41) is 7.18. The molecule has 1 saturated heterocycles. The van der Waals surface area contributed by atoms with E-state index in [2.05, 4.69) is 21.6 Å². The van der Waals surface area contributed by atoms with Gasteiger partial charge in [0.15, 0.2) is 0 Å². The largest absolute Gasteiger partial charge is 0.444 e. The molecule has 1 fully saturated rings. The Hall–Kier alpha value is -2.31. The Morgan fingerprint density at radius 3 is 2.70 bits per heavy atom. The zero-order chi connectivity index (χ0) is 16.4. The van der Waals surface area contributed by atoms with Gasteiger partial charge in [-0.3, -0.25) is 4.68 Å². The van der Waals surface area contributed by atoms with Gasteiger partial charge in [0.05, 0.1) is 12.4 Å². The van der Waals surface area contributed by atoms with E-state index < -0.39 is 0 Å². The van der Waals surface area contributed by atoms with Crippen molar-refractivity contribution >= 4 is 6.03 Å². The van der Waals surface area contributed by atoms with E-state index in [1.807, 2.05) is 36.7 Å². The summed E-state index contributed by atoms with van der Waals surface area (Å²) in [4.78, 5) is 18.4. The van der Waals surface area contributed by atoms with Crippen LogP contribution in [0.3, 0.4) is 0 Å². The van der Waals surface area contributed by atoms with Crippen LogP contribution in [-0.4, -0.2) is 38.8 Å². The Morgan fingerprint density at radius 1 is 1.39 bits per heavy atom. The molecule has 7 nitrogen and oxygen atoms in total. The van der Waals surface area contributed by atoms with Gasteiger partial charge in [0, 0.05) is 26.3 Å². The van der Waals surface area contributed by atoms with Crippen LogP contribution in [-0.2, 0) is 7.05 Å². The minimum Gasteiger partial charge on any atom is -0.444 e. The maximum absolute atomic E-state index is 12.4. The summed E-state index contributed by atoms with van der Waals surface area (Å²) < 4.78 is 7.28. The smallest absolute Gasteiger partial charge is 0.318 e. The molecule has 1 atom stereocenters. The van der Waals surface area contributed by atoms with E-state index in [-0.39, 0.29) is 12.1 Å². The number of urea groups is 1. The highest BCUT2D eigenvalue weighted by Crippen LogP contribution is 2.27. The van der Waals surface area contributed by atoms with Gasteiger partial charge < -0.3 is 14.6 Å². The van der Waals surface area contributed by atoms with Crippen molar-refractivity contribution < 1.29 is 9.21 Å². The Bertz CT molecular complexity index is 670. The van der Waals surface area contributed by atoms with E-state index in [4.69, 9.17) is 4.42 Å². The number of carbonyl (C=O) groups is 1. The zero-order valence-electron chi connectivity index (χ0n) is 13.8. The summed E-state index contributed by atoms with van der Waals surface area (Å²) in [5.74, 6) is 1.78. The van der Waals surface area contributed by atoms with E-state index in [9.17, 15) is 4.79 Å². The molecule has 0 aromatic carbocycles. The van der Waals surface area contributed by atoms with E-state index >= 15 is 0 Å². The molecule has 1 aliphatic heterocycles. The molecule has 23 heavy (non-hydrogen) atoms. The van der Waals surface area contributed by atoms with Gasteiger partial charge in [0.2, 0.25) is 5.89 Å². The summed E-state index contributed by atoms with van der Waals surface area (Å²) in [6.45, 7) is 5.23. The molecule has 2 amide bonds. The number of rotatable bonds is 3. The number of nitrogens with zero attached hydrogens (tertiary/aromatic N) is 4. The van der Waals surface area contributed by atoms with Gasteiger partial charge >= 0.3 is 6.03 Å². The van der Waals surface area contributed by atoms with E-state index in [0.29, 0.717) is 11.8 Å². The Kier molecular flexibility index (Phi) is 4.36. The lowest BCUT2D eigenvalue weighted by molar-refractivity contribution is 0.176. The Balaban J connectivity index is 1.52. The van der Waals surface area contributed by atoms with Crippen LogP contribution >= 0.6 is 0 Å². The molecular formula is C16H23N5O2. The van der Waals surface area contributed by atoms with Gasteiger partial charge in [0.25, 0.3) is 0 Å². The van der Waals surface area contributed by atoms with Crippen molar-refractivity contribution in [1.29, 1.82) is 0 Å². The first kappa shape index (κ1) is 15.6. The number of nitrogens with one attached hydrogen (secondary N) is 1. The maximum Gasteiger partial charge on any atom is 0.318 e. The fraction of sp³-hybridized carbons (Fsp3) is 0.562. The van der Waals surface area contributed by atoms with Gasteiger partial charge in [-0.1, -0.05) is 0 Å². The summed E-state index contributed by atoms with van der Waals surface area (Å²) >= 11 is 0. The SMILES string of the molecule is Cc1cnc(C(C)NC(=O)N2CCC(c3cnn(C)c3)CC2)o1. The Labute approximate surface area is 135 Å². The predicted octanol–water partition coefficient (Wildman–Crippen LogP) is 2.37. The molecule has 1 N–H and O–H groups in total. The van der Waals surface area contributed by atoms with Crippen molar-refractivity contribution in [1.82, 2.24) is 25.0 Å². The van der Waals surface area contributed by atoms with Crippen LogP contribution in [0.2, 0.25) is 0 Å². The molecule has 0 radical (unpaired) electrons. The molecule has 2 aromatic rings.